The Hall–Kier alpha value is -0.250. The highest BCUT2D eigenvalue weighted by molar-refractivity contribution is 4.99. The van der Waals surface area contributed by atoms with Crippen molar-refractivity contribution in [2.45, 2.75) is 32.4 Å². The second-order valence-electron chi connectivity index (χ2n) is 3.33. The summed E-state index contributed by atoms with van der Waals surface area (Å²) in [5.74, 6) is 0. The summed E-state index contributed by atoms with van der Waals surface area (Å²) in [6, 6.07) is 0. The molecule has 0 atom stereocenters. The number of alkyl halides is 3. The smallest absolute Gasteiger partial charge is 0.381 e. The molecule has 0 aromatic rings. The van der Waals surface area contributed by atoms with E-state index >= 15 is 0 Å². The molecule has 0 heterocycles. The predicted molar refractivity (Wildman–Crippen MR) is 38.8 cm³/mol. The zero-order chi connectivity index (χ0) is 9.24. The van der Waals surface area contributed by atoms with Crippen LogP contribution in [0.2, 0.25) is 0 Å². The summed E-state index contributed by atoms with van der Waals surface area (Å²) in [5.41, 5.74) is -1.48. The maximum absolute atomic E-state index is 12.2. The molecule has 1 fully saturated rings. The Balaban J connectivity index is 2.30. The van der Waals surface area contributed by atoms with E-state index < -0.39 is 11.6 Å². The van der Waals surface area contributed by atoms with Gasteiger partial charge in [0.05, 0.1) is 12.0 Å². The molecule has 1 nitrogen and oxygen atoms in total. The molecule has 12 heavy (non-hydrogen) atoms. The maximum Gasteiger partial charge on any atom is 0.396 e. The standard InChI is InChI=1S/C8H13F3O/c1-2-5-12-6-7(3-4-7)8(9,10)11/h2-6H2,1H3. The lowest BCUT2D eigenvalue weighted by molar-refractivity contribution is -0.201. The molecular weight excluding hydrogens is 169 g/mol. The van der Waals surface area contributed by atoms with Gasteiger partial charge >= 0.3 is 6.18 Å². The van der Waals surface area contributed by atoms with Crippen LogP contribution in [0.4, 0.5) is 13.2 Å². The van der Waals surface area contributed by atoms with Gasteiger partial charge in [0, 0.05) is 6.61 Å². The van der Waals surface area contributed by atoms with Gasteiger partial charge in [-0.25, -0.2) is 0 Å². The van der Waals surface area contributed by atoms with E-state index in [1.807, 2.05) is 6.92 Å². The molecule has 0 N–H and O–H groups in total. The van der Waals surface area contributed by atoms with Crippen molar-refractivity contribution in [2.75, 3.05) is 13.2 Å². The van der Waals surface area contributed by atoms with Crippen LogP contribution in [0, 0.1) is 5.41 Å². The topological polar surface area (TPSA) is 9.23 Å². The molecule has 0 aromatic heterocycles. The molecule has 1 rings (SSSR count). The lowest BCUT2D eigenvalue weighted by Gasteiger charge is -2.18. The third-order valence-electron chi connectivity index (χ3n) is 2.18. The number of ether oxygens (including phenoxy) is 1. The van der Waals surface area contributed by atoms with Crippen LogP contribution in [0.25, 0.3) is 0 Å². The number of hydrogen-bond donors (Lipinski definition) is 0. The lowest BCUT2D eigenvalue weighted by Crippen LogP contribution is -2.29. The van der Waals surface area contributed by atoms with Crippen molar-refractivity contribution in [3.8, 4) is 0 Å². The Morgan fingerprint density at radius 1 is 1.33 bits per heavy atom. The zero-order valence-electron chi connectivity index (χ0n) is 7.08. The van der Waals surface area contributed by atoms with Crippen LogP contribution in [0.15, 0.2) is 0 Å². The van der Waals surface area contributed by atoms with E-state index in [9.17, 15) is 13.2 Å². The third kappa shape index (κ3) is 1.91. The molecule has 0 bridgehead atoms. The second kappa shape index (κ2) is 3.24. The van der Waals surface area contributed by atoms with Crippen molar-refractivity contribution in [2.24, 2.45) is 5.41 Å². The highest BCUT2D eigenvalue weighted by Gasteiger charge is 2.63. The van der Waals surface area contributed by atoms with Gasteiger partial charge in [0.15, 0.2) is 0 Å². The Morgan fingerprint density at radius 3 is 2.25 bits per heavy atom. The van der Waals surface area contributed by atoms with Crippen molar-refractivity contribution in [3.05, 3.63) is 0 Å². The minimum atomic E-state index is -4.07. The first-order valence-corrected chi connectivity index (χ1v) is 4.16. The van der Waals surface area contributed by atoms with Crippen LogP contribution in [0.3, 0.4) is 0 Å². The van der Waals surface area contributed by atoms with Crippen molar-refractivity contribution < 1.29 is 17.9 Å². The predicted octanol–water partition coefficient (Wildman–Crippen LogP) is 2.76. The quantitative estimate of drug-likeness (QED) is 0.607. The fraction of sp³-hybridized carbons (Fsp3) is 1.00. The molecule has 0 aromatic carbocycles. The largest absolute Gasteiger partial charge is 0.396 e. The fourth-order valence-corrected chi connectivity index (χ4v) is 1.07. The number of rotatable bonds is 4. The molecule has 0 amide bonds. The van der Waals surface area contributed by atoms with E-state index in [-0.39, 0.29) is 19.4 Å². The normalized spacial score (nSPS) is 21.0. The molecule has 0 spiro atoms. The van der Waals surface area contributed by atoms with E-state index in [1.165, 1.54) is 0 Å². The molecule has 72 valence electrons. The van der Waals surface area contributed by atoms with Crippen LogP contribution >= 0.6 is 0 Å². The summed E-state index contributed by atoms with van der Waals surface area (Å²) >= 11 is 0. The average Bonchev–Trinajstić information content (AvgIpc) is 2.67. The SMILES string of the molecule is CCCOCC1(C(F)(F)F)CC1. The van der Waals surface area contributed by atoms with Gasteiger partial charge in [-0.1, -0.05) is 6.92 Å². The van der Waals surface area contributed by atoms with Gasteiger partial charge in [0.1, 0.15) is 0 Å². The van der Waals surface area contributed by atoms with E-state index in [1.54, 1.807) is 0 Å². The van der Waals surface area contributed by atoms with Gasteiger partial charge in [-0.2, -0.15) is 13.2 Å². The molecule has 1 aliphatic carbocycles. The first-order valence-electron chi connectivity index (χ1n) is 4.16. The van der Waals surface area contributed by atoms with Crippen molar-refractivity contribution >= 4 is 0 Å². The summed E-state index contributed by atoms with van der Waals surface area (Å²) in [7, 11) is 0. The molecule has 4 heteroatoms. The summed E-state index contributed by atoms with van der Waals surface area (Å²) in [6.07, 6.45) is -2.82. The van der Waals surface area contributed by atoms with Gasteiger partial charge in [-0.15, -0.1) is 0 Å². The van der Waals surface area contributed by atoms with Crippen molar-refractivity contribution in [1.82, 2.24) is 0 Å². The van der Waals surface area contributed by atoms with Gasteiger partial charge in [0.2, 0.25) is 0 Å². The van der Waals surface area contributed by atoms with Gasteiger partial charge < -0.3 is 4.74 Å². The Morgan fingerprint density at radius 2 is 1.92 bits per heavy atom. The highest BCUT2D eigenvalue weighted by Crippen LogP contribution is 2.57. The molecular formula is C8H13F3O. The van der Waals surface area contributed by atoms with Gasteiger partial charge in [-0.05, 0) is 19.3 Å². The number of halogens is 3. The van der Waals surface area contributed by atoms with E-state index in [0.717, 1.165) is 6.42 Å². The zero-order valence-corrected chi connectivity index (χ0v) is 7.08. The van der Waals surface area contributed by atoms with Crippen molar-refractivity contribution in [1.29, 1.82) is 0 Å². The van der Waals surface area contributed by atoms with Crippen LogP contribution in [-0.2, 0) is 4.74 Å². The maximum atomic E-state index is 12.2. The first kappa shape index (κ1) is 9.84. The molecule has 0 saturated heterocycles. The van der Waals surface area contributed by atoms with Gasteiger partial charge in [0.25, 0.3) is 0 Å². The Kier molecular flexibility index (Phi) is 2.66. The molecule has 1 aliphatic rings. The summed E-state index contributed by atoms with van der Waals surface area (Å²) < 4.78 is 41.6. The molecule has 0 aliphatic heterocycles. The third-order valence-corrected chi connectivity index (χ3v) is 2.18. The van der Waals surface area contributed by atoms with Crippen LogP contribution in [0.1, 0.15) is 26.2 Å². The lowest BCUT2D eigenvalue weighted by atomic mass is 10.1. The first-order chi connectivity index (χ1) is 5.52. The fourth-order valence-electron chi connectivity index (χ4n) is 1.07. The Labute approximate surface area is 69.9 Å². The molecule has 0 radical (unpaired) electrons. The Bertz CT molecular complexity index is 149. The second-order valence-corrected chi connectivity index (χ2v) is 3.33. The number of hydrogen-bond acceptors (Lipinski definition) is 1. The molecule has 1 saturated carbocycles. The van der Waals surface area contributed by atoms with Gasteiger partial charge in [-0.3, -0.25) is 0 Å². The van der Waals surface area contributed by atoms with E-state index in [2.05, 4.69) is 0 Å². The minimum Gasteiger partial charge on any atom is -0.381 e. The average molecular weight is 182 g/mol. The van der Waals surface area contributed by atoms with Crippen molar-refractivity contribution in [3.63, 3.8) is 0 Å². The van der Waals surface area contributed by atoms with Crippen LogP contribution in [0.5, 0.6) is 0 Å². The van der Waals surface area contributed by atoms with Crippen LogP contribution in [-0.4, -0.2) is 19.4 Å². The summed E-state index contributed by atoms with van der Waals surface area (Å²) in [6.45, 7) is 2.16. The molecule has 0 unspecified atom stereocenters. The summed E-state index contributed by atoms with van der Waals surface area (Å²) in [4.78, 5) is 0. The summed E-state index contributed by atoms with van der Waals surface area (Å²) in [5, 5.41) is 0. The van der Waals surface area contributed by atoms with E-state index in [0.29, 0.717) is 6.61 Å². The monoisotopic (exact) mass is 182 g/mol. The van der Waals surface area contributed by atoms with Crippen LogP contribution < -0.4 is 0 Å². The minimum absolute atomic E-state index is 0.148. The highest BCUT2D eigenvalue weighted by atomic mass is 19.4. The van der Waals surface area contributed by atoms with E-state index in [4.69, 9.17) is 4.74 Å².